The fourth-order valence-electron chi connectivity index (χ4n) is 3.30. The quantitative estimate of drug-likeness (QED) is 0.378. The normalized spacial score (nSPS) is 11.1. The summed E-state index contributed by atoms with van der Waals surface area (Å²) < 4.78 is 9.77. The molecule has 1 unspecified atom stereocenters. The maximum Gasteiger partial charge on any atom is 0.411 e. The maximum absolute atomic E-state index is 12.4. The summed E-state index contributed by atoms with van der Waals surface area (Å²) in [5.41, 5.74) is 2.36. The number of ether oxygens (including phenoxy) is 2. The van der Waals surface area contributed by atoms with Crippen LogP contribution in [0.3, 0.4) is 0 Å². The predicted octanol–water partition coefficient (Wildman–Crippen LogP) is 3.44. The number of halogens is 1. The van der Waals surface area contributed by atoms with Crippen molar-refractivity contribution >= 4 is 47.4 Å². The van der Waals surface area contributed by atoms with Gasteiger partial charge in [0, 0.05) is 48.2 Å². The molecule has 0 heterocycles. The lowest BCUT2D eigenvalue weighted by Gasteiger charge is -2.22. The molecule has 3 N–H and O–H groups in total. The van der Waals surface area contributed by atoms with Gasteiger partial charge in [0.1, 0.15) is 6.10 Å². The number of nitrogens with zero attached hydrogens (tertiary/aromatic N) is 1. The van der Waals surface area contributed by atoms with Crippen LogP contribution >= 0.6 is 11.6 Å². The first kappa shape index (κ1) is 27.5. The molecule has 0 spiro atoms. The van der Waals surface area contributed by atoms with E-state index in [2.05, 4.69) is 20.7 Å². The minimum atomic E-state index is -0.616. The number of carbonyl (C=O) groups excluding carboxylic acids is 4. The van der Waals surface area contributed by atoms with Crippen molar-refractivity contribution < 1.29 is 28.7 Å². The smallest absolute Gasteiger partial charge is 0.411 e. The van der Waals surface area contributed by atoms with Gasteiger partial charge < -0.3 is 25.0 Å². The number of anilines is 2. The molecule has 2 aromatic rings. The van der Waals surface area contributed by atoms with Crippen molar-refractivity contribution in [1.29, 1.82) is 0 Å². The maximum atomic E-state index is 12.4. The fraction of sp³-hybridized carbons (Fsp3) is 0.333. The Hall–Kier alpha value is -3.79. The third kappa shape index (κ3) is 8.49. The van der Waals surface area contributed by atoms with Gasteiger partial charge in [0.25, 0.3) is 12.4 Å². The van der Waals surface area contributed by atoms with Crippen molar-refractivity contribution in [2.75, 3.05) is 44.9 Å². The van der Waals surface area contributed by atoms with Gasteiger partial charge in [0.05, 0.1) is 13.7 Å². The molecule has 0 saturated carbocycles. The number of rotatable bonds is 12. The third-order valence-corrected chi connectivity index (χ3v) is 5.45. The molecule has 2 aromatic carbocycles. The number of benzene rings is 2. The molecule has 188 valence electrons. The van der Waals surface area contributed by atoms with Crippen LogP contribution in [0.2, 0.25) is 5.02 Å². The van der Waals surface area contributed by atoms with Crippen molar-refractivity contribution in [3.05, 3.63) is 58.6 Å². The average Bonchev–Trinajstić information content (AvgIpc) is 2.86. The first-order valence-electron chi connectivity index (χ1n) is 10.8. The summed E-state index contributed by atoms with van der Waals surface area (Å²) in [6.45, 7) is 0.619. The molecule has 10 nitrogen and oxygen atoms in total. The number of hydrogen-bond acceptors (Lipinski definition) is 7. The minimum absolute atomic E-state index is 0.177. The first-order chi connectivity index (χ1) is 16.8. The average molecular weight is 505 g/mol. The Morgan fingerprint density at radius 2 is 1.86 bits per heavy atom. The highest BCUT2D eigenvalue weighted by Gasteiger charge is 2.18. The van der Waals surface area contributed by atoms with Crippen LogP contribution in [0, 0.1) is 0 Å². The van der Waals surface area contributed by atoms with E-state index < -0.39 is 18.1 Å². The topological polar surface area (TPSA) is 126 Å². The van der Waals surface area contributed by atoms with E-state index in [1.165, 1.54) is 24.1 Å². The zero-order valence-electron chi connectivity index (χ0n) is 19.8. The Kier molecular flexibility index (Phi) is 10.8. The highest BCUT2D eigenvalue weighted by molar-refractivity contribution is 6.30. The summed E-state index contributed by atoms with van der Waals surface area (Å²) in [5.74, 6) is -0.690. The molecule has 0 fully saturated rings. The van der Waals surface area contributed by atoms with Crippen LogP contribution in [0.15, 0.2) is 42.5 Å². The monoisotopic (exact) mass is 504 g/mol. The van der Waals surface area contributed by atoms with Crippen molar-refractivity contribution in [1.82, 2.24) is 10.2 Å². The summed E-state index contributed by atoms with van der Waals surface area (Å²) >= 11 is 6.10. The van der Waals surface area contributed by atoms with Crippen LogP contribution in [0.1, 0.15) is 34.9 Å². The number of hydrogen-bond donors (Lipinski definition) is 3. The van der Waals surface area contributed by atoms with E-state index in [1.807, 2.05) is 0 Å². The second-order valence-electron chi connectivity index (χ2n) is 7.54. The number of amides is 3. The summed E-state index contributed by atoms with van der Waals surface area (Å²) in [6.07, 6.45) is -0.105. The largest absolute Gasteiger partial charge is 0.460 e. The molecule has 35 heavy (non-hydrogen) atoms. The first-order valence-corrected chi connectivity index (χ1v) is 11.2. The number of carbonyl (C=O) groups is 4. The van der Waals surface area contributed by atoms with Gasteiger partial charge in [-0.2, -0.15) is 0 Å². The van der Waals surface area contributed by atoms with E-state index in [9.17, 15) is 19.2 Å². The molecule has 0 aliphatic carbocycles. The van der Waals surface area contributed by atoms with E-state index in [0.29, 0.717) is 42.1 Å². The van der Waals surface area contributed by atoms with E-state index in [4.69, 9.17) is 16.3 Å². The Balaban J connectivity index is 1.84. The lowest BCUT2D eigenvalue weighted by atomic mass is 10.0. The molecule has 11 heteroatoms. The third-order valence-electron chi connectivity index (χ3n) is 5.21. The van der Waals surface area contributed by atoms with Gasteiger partial charge in [-0.3, -0.25) is 19.7 Å². The molecule has 3 amide bonds. The van der Waals surface area contributed by atoms with Crippen LogP contribution in [-0.4, -0.2) is 63.6 Å². The predicted molar refractivity (Wildman–Crippen MR) is 133 cm³/mol. The SMILES string of the molecule is CNc1ccc(Cl)cc1C(CCCN(C)C(=O)CNC(=O)c1ccc(NC(=O)OC)cc1)OC=O. The molecule has 0 saturated heterocycles. The van der Waals surface area contributed by atoms with E-state index in [1.54, 1.807) is 44.4 Å². The Morgan fingerprint density at radius 1 is 1.14 bits per heavy atom. The summed E-state index contributed by atoms with van der Waals surface area (Å²) in [5, 5.41) is 8.64. The number of likely N-dealkylation sites (N-methyl/N-ethyl adjacent to an activating group) is 1. The van der Waals surface area contributed by atoms with Crippen molar-refractivity contribution in [3.63, 3.8) is 0 Å². The molecule has 1 atom stereocenters. The molecule has 0 aliphatic rings. The Morgan fingerprint density at radius 3 is 2.49 bits per heavy atom. The van der Waals surface area contributed by atoms with Crippen LogP contribution in [0.25, 0.3) is 0 Å². The van der Waals surface area contributed by atoms with Gasteiger partial charge in [0.15, 0.2) is 0 Å². The van der Waals surface area contributed by atoms with Crippen LogP contribution in [-0.2, 0) is 19.1 Å². The van der Waals surface area contributed by atoms with Gasteiger partial charge in [-0.05, 0) is 55.3 Å². The molecular formula is C24H29ClN4O6. The van der Waals surface area contributed by atoms with E-state index in [0.717, 1.165) is 11.3 Å². The molecule has 2 rings (SSSR count). The number of methoxy groups -OCH3 is 1. The highest BCUT2D eigenvalue weighted by atomic mass is 35.5. The molecular weight excluding hydrogens is 476 g/mol. The summed E-state index contributed by atoms with van der Waals surface area (Å²) in [7, 11) is 4.65. The second-order valence-corrected chi connectivity index (χ2v) is 7.97. The number of nitrogens with one attached hydrogen (secondary N) is 3. The summed E-state index contributed by atoms with van der Waals surface area (Å²) in [6, 6.07) is 11.4. The molecule has 0 aromatic heterocycles. The van der Waals surface area contributed by atoms with Crippen LogP contribution < -0.4 is 16.0 Å². The zero-order valence-corrected chi connectivity index (χ0v) is 20.6. The Bertz CT molecular complexity index is 1030. The van der Waals surface area contributed by atoms with Crippen LogP contribution in [0.5, 0.6) is 0 Å². The van der Waals surface area contributed by atoms with Crippen molar-refractivity contribution in [2.24, 2.45) is 0 Å². The highest BCUT2D eigenvalue weighted by Crippen LogP contribution is 2.31. The fourth-order valence-corrected chi connectivity index (χ4v) is 3.48. The van der Waals surface area contributed by atoms with Gasteiger partial charge >= 0.3 is 6.09 Å². The molecule has 0 bridgehead atoms. The van der Waals surface area contributed by atoms with Crippen molar-refractivity contribution in [2.45, 2.75) is 18.9 Å². The van der Waals surface area contributed by atoms with Crippen LogP contribution in [0.4, 0.5) is 16.2 Å². The standard InChI is InChI=1S/C24H29ClN4O6/c1-26-20-11-8-17(25)13-19(20)21(35-15-30)5-4-12-29(2)22(31)14-27-23(32)16-6-9-18(10-7-16)28-24(33)34-3/h6-11,13,15,21,26H,4-5,12,14H2,1-3H3,(H,27,32)(H,28,33). The van der Waals surface area contributed by atoms with Crippen molar-refractivity contribution in [3.8, 4) is 0 Å². The van der Waals surface area contributed by atoms with Gasteiger partial charge in [-0.25, -0.2) is 4.79 Å². The Labute approximate surface area is 208 Å². The van der Waals surface area contributed by atoms with Gasteiger partial charge in [-0.1, -0.05) is 11.6 Å². The zero-order chi connectivity index (χ0) is 25.8. The van der Waals surface area contributed by atoms with Gasteiger partial charge in [0.2, 0.25) is 5.91 Å². The second kappa shape index (κ2) is 13.8. The van der Waals surface area contributed by atoms with E-state index >= 15 is 0 Å². The molecule has 0 radical (unpaired) electrons. The minimum Gasteiger partial charge on any atom is -0.460 e. The molecule has 0 aliphatic heterocycles. The summed E-state index contributed by atoms with van der Waals surface area (Å²) in [4.78, 5) is 48.5. The lowest BCUT2D eigenvalue weighted by Crippen LogP contribution is -2.38. The van der Waals surface area contributed by atoms with Gasteiger partial charge in [-0.15, -0.1) is 0 Å². The van der Waals surface area contributed by atoms with E-state index in [-0.39, 0.29) is 12.5 Å². The lowest BCUT2D eigenvalue weighted by molar-refractivity contribution is -0.135.